The summed E-state index contributed by atoms with van der Waals surface area (Å²) in [4.78, 5) is 4.78. The van der Waals surface area contributed by atoms with E-state index in [9.17, 15) is 0 Å². The van der Waals surface area contributed by atoms with Crippen LogP contribution in [-0.2, 0) is 0 Å². The van der Waals surface area contributed by atoms with Gasteiger partial charge in [0.1, 0.15) is 11.5 Å². The van der Waals surface area contributed by atoms with Crippen molar-refractivity contribution in [3.8, 4) is 11.3 Å². The smallest absolute Gasteiger partial charge is 0.158 e. The molecule has 1 fully saturated rings. The van der Waals surface area contributed by atoms with Crippen molar-refractivity contribution < 1.29 is 0 Å². The number of nitrogens with zero attached hydrogens (tertiary/aromatic N) is 2. The van der Waals surface area contributed by atoms with Crippen molar-refractivity contribution >= 4 is 46.3 Å². The zero-order valence-corrected chi connectivity index (χ0v) is 15.9. The molecule has 2 heterocycles. The highest BCUT2D eigenvalue weighted by atomic mass is 35.5. The van der Waals surface area contributed by atoms with Crippen molar-refractivity contribution in [2.75, 3.05) is 5.32 Å². The molecule has 1 aliphatic carbocycles. The van der Waals surface area contributed by atoms with Gasteiger partial charge in [0.25, 0.3) is 0 Å². The van der Waals surface area contributed by atoms with Gasteiger partial charge in [0, 0.05) is 17.8 Å². The summed E-state index contributed by atoms with van der Waals surface area (Å²) >= 11 is 19.1. The van der Waals surface area contributed by atoms with Gasteiger partial charge < -0.3 is 5.32 Å². The number of hydrogen-bond donors (Lipinski definition) is 1. The number of halogens is 3. The van der Waals surface area contributed by atoms with Crippen LogP contribution in [0.5, 0.6) is 0 Å². The van der Waals surface area contributed by atoms with Gasteiger partial charge in [0.05, 0.1) is 15.1 Å². The number of aromatic nitrogens is 2. The van der Waals surface area contributed by atoms with Crippen molar-refractivity contribution in [3.63, 3.8) is 0 Å². The Morgan fingerprint density at radius 3 is 2.52 bits per heavy atom. The normalized spacial score (nSPS) is 15.6. The minimum Gasteiger partial charge on any atom is -0.367 e. The van der Waals surface area contributed by atoms with Gasteiger partial charge in [-0.1, -0.05) is 72.3 Å². The number of pyridine rings is 1. The van der Waals surface area contributed by atoms with Gasteiger partial charge >= 0.3 is 0 Å². The summed E-state index contributed by atoms with van der Waals surface area (Å²) in [7, 11) is 0. The first kappa shape index (κ1) is 17.0. The Labute approximate surface area is 161 Å². The van der Waals surface area contributed by atoms with E-state index in [2.05, 4.69) is 5.32 Å². The molecule has 4 rings (SSSR count). The van der Waals surface area contributed by atoms with Gasteiger partial charge in [-0.25, -0.2) is 4.98 Å². The maximum atomic E-state index is 6.44. The lowest BCUT2D eigenvalue weighted by atomic mass is 9.95. The first-order chi connectivity index (χ1) is 12.1. The summed E-state index contributed by atoms with van der Waals surface area (Å²) in [5.41, 5.74) is 2.37. The molecule has 1 N–H and O–H groups in total. The van der Waals surface area contributed by atoms with E-state index in [-0.39, 0.29) is 0 Å². The molecule has 0 saturated heterocycles. The molecule has 1 aromatic carbocycles. The van der Waals surface area contributed by atoms with Crippen molar-refractivity contribution in [3.05, 3.63) is 51.6 Å². The zero-order chi connectivity index (χ0) is 17.4. The molecule has 0 amide bonds. The third-order valence-electron chi connectivity index (χ3n) is 4.72. The van der Waals surface area contributed by atoms with Crippen LogP contribution >= 0.6 is 34.8 Å². The standard InChI is InChI=1S/C19H18Cl3N3/c20-12-10-16(22)18-24-17(14-8-4-5-9-15(14)21)19(25(18)11-12)23-13-6-2-1-3-7-13/h4-5,8-11,13,23H,1-3,6-7H2. The third-order valence-corrected chi connectivity index (χ3v) is 5.53. The highest BCUT2D eigenvalue weighted by molar-refractivity contribution is 6.36. The first-order valence-corrected chi connectivity index (χ1v) is 9.65. The SMILES string of the molecule is Clc1cc(Cl)c2nc(-c3ccccc3Cl)c(NC3CCCCC3)n2c1. The molecule has 1 saturated carbocycles. The molecular weight excluding hydrogens is 377 g/mol. The van der Waals surface area contributed by atoms with Crippen LogP contribution in [0.15, 0.2) is 36.5 Å². The summed E-state index contributed by atoms with van der Waals surface area (Å²) in [5.74, 6) is 0.902. The van der Waals surface area contributed by atoms with E-state index in [0.717, 1.165) is 29.9 Å². The van der Waals surface area contributed by atoms with Gasteiger partial charge in [-0.05, 0) is 25.0 Å². The van der Waals surface area contributed by atoms with E-state index in [1.807, 2.05) is 34.9 Å². The minimum atomic E-state index is 0.424. The van der Waals surface area contributed by atoms with E-state index in [1.54, 1.807) is 6.07 Å². The second-order valence-corrected chi connectivity index (χ2v) is 7.72. The van der Waals surface area contributed by atoms with E-state index < -0.39 is 0 Å². The van der Waals surface area contributed by atoms with Crippen molar-refractivity contribution in [2.24, 2.45) is 0 Å². The van der Waals surface area contributed by atoms with Crippen LogP contribution < -0.4 is 5.32 Å². The summed E-state index contributed by atoms with van der Waals surface area (Å²) in [6.07, 6.45) is 7.96. The van der Waals surface area contributed by atoms with Crippen molar-refractivity contribution in [2.45, 2.75) is 38.1 Å². The molecule has 0 atom stereocenters. The number of hydrogen-bond acceptors (Lipinski definition) is 2. The fourth-order valence-corrected chi connectivity index (χ4v) is 4.23. The Kier molecular flexibility index (Phi) is 4.81. The van der Waals surface area contributed by atoms with Crippen LogP contribution in [0.4, 0.5) is 5.82 Å². The maximum Gasteiger partial charge on any atom is 0.158 e. The maximum absolute atomic E-state index is 6.44. The van der Waals surface area contributed by atoms with Gasteiger partial charge in [0.15, 0.2) is 5.65 Å². The van der Waals surface area contributed by atoms with E-state index in [4.69, 9.17) is 39.8 Å². The second-order valence-electron chi connectivity index (χ2n) is 6.47. The van der Waals surface area contributed by atoms with E-state index in [0.29, 0.717) is 26.8 Å². The number of anilines is 1. The van der Waals surface area contributed by atoms with Crippen LogP contribution in [0, 0.1) is 0 Å². The lowest BCUT2D eigenvalue weighted by Crippen LogP contribution is -2.23. The molecule has 0 bridgehead atoms. The molecule has 0 unspecified atom stereocenters. The fraction of sp³-hybridized carbons (Fsp3) is 0.316. The molecule has 3 nitrogen and oxygen atoms in total. The van der Waals surface area contributed by atoms with Crippen LogP contribution in [-0.4, -0.2) is 15.4 Å². The summed E-state index contributed by atoms with van der Waals surface area (Å²) in [6, 6.07) is 9.87. The van der Waals surface area contributed by atoms with Gasteiger partial charge in [-0.2, -0.15) is 0 Å². The van der Waals surface area contributed by atoms with Gasteiger partial charge in [-0.3, -0.25) is 4.40 Å². The summed E-state index contributed by atoms with van der Waals surface area (Å²) in [5, 5.41) is 5.45. The van der Waals surface area contributed by atoms with Crippen molar-refractivity contribution in [1.29, 1.82) is 0 Å². The average molecular weight is 395 g/mol. The molecule has 130 valence electrons. The molecule has 25 heavy (non-hydrogen) atoms. The molecule has 6 heteroatoms. The third kappa shape index (κ3) is 3.33. The molecule has 1 aliphatic rings. The number of fused-ring (bicyclic) bond motifs is 1. The molecule has 2 aromatic heterocycles. The molecule has 0 radical (unpaired) electrons. The van der Waals surface area contributed by atoms with Crippen LogP contribution in [0.1, 0.15) is 32.1 Å². The highest BCUT2D eigenvalue weighted by Gasteiger charge is 2.22. The Morgan fingerprint density at radius 2 is 1.76 bits per heavy atom. The average Bonchev–Trinajstić information content (AvgIpc) is 2.95. The van der Waals surface area contributed by atoms with E-state index >= 15 is 0 Å². The fourth-order valence-electron chi connectivity index (χ4n) is 3.49. The predicted octanol–water partition coefficient (Wildman–Crippen LogP) is 6.71. The predicted molar refractivity (Wildman–Crippen MR) is 106 cm³/mol. The van der Waals surface area contributed by atoms with Crippen LogP contribution in [0.3, 0.4) is 0 Å². The highest BCUT2D eigenvalue weighted by Crippen LogP contribution is 2.37. The molecule has 0 aliphatic heterocycles. The van der Waals surface area contributed by atoms with Crippen molar-refractivity contribution in [1.82, 2.24) is 9.38 Å². The minimum absolute atomic E-state index is 0.424. The zero-order valence-electron chi connectivity index (χ0n) is 13.6. The largest absolute Gasteiger partial charge is 0.367 e. The lowest BCUT2D eigenvalue weighted by Gasteiger charge is -2.24. The Bertz CT molecular complexity index is 914. The Morgan fingerprint density at radius 1 is 1.00 bits per heavy atom. The summed E-state index contributed by atoms with van der Waals surface area (Å²) in [6.45, 7) is 0. The number of benzene rings is 1. The van der Waals surface area contributed by atoms with Gasteiger partial charge in [0.2, 0.25) is 0 Å². The number of imidazole rings is 1. The first-order valence-electron chi connectivity index (χ1n) is 8.52. The lowest BCUT2D eigenvalue weighted by molar-refractivity contribution is 0.462. The van der Waals surface area contributed by atoms with Crippen LogP contribution in [0.25, 0.3) is 16.9 Å². The van der Waals surface area contributed by atoms with E-state index in [1.165, 1.54) is 19.3 Å². The number of rotatable bonds is 3. The molecule has 0 spiro atoms. The monoisotopic (exact) mass is 393 g/mol. The number of nitrogens with one attached hydrogen (secondary N) is 1. The Hall–Kier alpha value is -1.42. The Balaban J connectivity index is 1.90. The molecular formula is C19H18Cl3N3. The molecule has 3 aromatic rings. The van der Waals surface area contributed by atoms with Crippen LogP contribution in [0.2, 0.25) is 15.1 Å². The topological polar surface area (TPSA) is 29.3 Å². The second kappa shape index (κ2) is 7.06. The van der Waals surface area contributed by atoms with Gasteiger partial charge in [-0.15, -0.1) is 0 Å². The summed E-state index contributed by atoms with van der Waals surface area (Å²) < 4.78 is 1.94. The quantitative estimate of drug-likeness (QED) is 0.535.